The quantitative estimate of drug-likeness (QED) is 0.867. The monoisotopic (exact) mass is 371 g/mol. The third-order valence-corrected chi connectivity index (χ3v) is 6.82. The average molecular weight is 371 g/mol. The molecular weight excluding hydrogens is 342 g/mol. The first-order chi connectivity index (χ1) is 12.9. The lowest BCUT2D eigenvalue weighted by atomic mass is 9.77. The lowest BCUT2D eigenvalue weighted by molar-refractivity contribution is -0.148. The molecule has 1 aliphatic carbocycles. The number of nitrogens with one attached hydrogen (secondary N) is 1. The van der Waals surface area contributed by atoms with Crippen molar-refractivity contribution < 1.29 is 9.59 Å². The van der Waals surface area contributed by atoms with Crippen molar-refractivity contribution in [2.45, 2.75) is 64.8 Å². The summed E-state index contributed by atoms with van der Waals surface area (Å²) in [5.74, 6) is 0.203. The van der Waals surface area contributed by atoms with Crippen molar-refractivity contribution in [1.29, 1.82) is 0 Å². The summed E-state index contributed by atoms with van der Waals surface area (Å²) in [5.41, 5.74) is 1.29. The first-order valence-electron chi connectivity index (χ1n) is 10.2. The molecule has 1 saturated carbocycles. The number of hydrogen-bond acceptors (Lipinski definition) is 3. The van der Waals surface area contributed by atoms with Crippen LogP contribution in [-0.2, 0) is 4.79 Å². The van der Waals surface area contributed by atoms with Crippen LogP contribution in [-0.4, -0.2) is 52.3 Å². The molecule has 2 aliphatic heterocycles. The normalized spacial score (nSPS) is 26.4. The number of piperidine rings is 1. The third kappa shape index (κ3) is 3.09. The summed E-state index contributed by atoms with van der Waals surface area (Å²) in [6, 6.07) is 1.88. The number of likely N-dealkylation sites (tertiary alicyclic amines) is 2. The van der Waals surface area contributed by atoms with Crippen LogP contribution in [0.4, 0.5) is 0 Å². The molecule has 1 atom stereocenters. The van der Waals surface area contributed by atoms with E-state index in [0.29, 0.717) is 36.0 Å². The highest BCUT2D eigenvalue weighted by atomic mass is 16.2. The predicted octanol–water partition coefficient (Wildman–Crippen LogP) is 2.39. The summed E-state index contributed by atoms with van der Waals surface area (Å²) >= 11 is 0. The smallest absolute Gasteiger partial charge is 0.255 e. The Morgan fingerprint density at radius 3 is 2.56 bits per heavy atom. The first-order valence-corrected chi connectivity index (χ1v) is 10.2. The molecule has 0 unspecified atom stereocenters. The molecule has 2 saturated heterocycles. The van der Waals surface area contributed by atoms with Crippen LogP contribution < -0.4 is 5.56 Å². The zero-order valence-corrected chi connectivity index (χ0v) is 16.3. The van der Waals surface area contributed by atoms with Gasteiger partial charge in [0.15, 0.2) is 0 Å². The van der Waals surface area contributed by atoms with Crippen LogP contribution in [0.25, 0.3) is 0 Å². The molecule has 1 N–H and O–H groups in total. The van der Waals surface area contributed by atoms with E-state index in [9.17, 15) is 14.4 Å². The van der Waals surface area contributed by atoms with Crippen LogP contribution >= 0.6 is 0 Å². The fourth-order valence-electron chi connectivity index (χ4n) is 5.42. The number of carbonyl (C=O) groups excluding carboxylic acids is 2. The number of aromatic amines is 1. The summed E-state index contributed by atoms with van der Waals surface area (Å²) in [4.78, 5) is 44.8. The van der Waals surface area contributed by atoms with Gasteiger partial charge in [0.1, 0.15) is 0 Å². The molecule has 3 heterocycles. The standard InChI is InChI=1S/C21H29N3O3/c1-14-12-17(25)22-15(2)18(14)19(26)23-11-9-21(13-23)8-5-10-24(20(21)27)16-6-3-4-7-16/h12,16H,3-11,13H2,1-2H3,(H,22,25)/t21-/m1/s1. The molecule has 0 aromatic carbocycles. The van der Waals surface area contributed by atoms with E-state index >= 15 is 0 Å². The molecule has 6 heteroatoms. The maximum absolute atomic E-state index is 13.4. The van der Waals surface area contributed by atoms with Gasteiger partial charge in [0.25, 0.3) is 5.91 Å². The van der Waals surface area contributed by atoms with Gasteiger partial charge in [-0.3, -0.25) is 14.4 Å². The summed E-state index contributed by atoms with van der Waals surface area (Å²) in [6.07, 6.45) is 7.35. The fourth-order valence-corrected chi connectivity index (χ4v) is 5.42. The van der Waals surface area contributed by atoms with Gasteiger partial charge in [-0.15, -0.1) is 0 Å². The van der Waals surface area contributed by atoms with Crippen LogP contribution in [0.3, 0.4) is 0 Å². The number of aromatic nitrogens is 1. The summed E-state index contributed by atoms with van der Waals surface area (Å²) < 4.78 is 0. The minimum absolute atomic E-state index is 0.0658. The van der Waals surface area contributed by atoms with Crippen molar-refractivity contribution in [3.63, 3.8) is 0 Å². The van der Waals surface area contributed by atoms with Gasteiger partial charge in [0.2, 0.25) is 11.5 Å². The second kappa shape index (κ2) is 6.80. The van der Waals surface area contributed by atoms with Crippen molar-refractivity contribution in [3.8, 4) is 0 Å². The van der Waals surface area contributed by atoms with Crippen LogP contribution in [0.1, 0.15) is 66.6 Å². The van der Waals surface area contributed by atoms with Crippen molar-refractivity contribution in [2.75, 3.05) is 19.6 Å². The Morgan fingerprint density at radius 1 is 1.11 bits per heavy atom. The summed E-state index contributed by atoms with van der Waals surface area (Å²) in [5, 5.41) is 0. The van der Waals surface area contributed by atoms with Gasteiger partial charge in [-0.05, 0) is 51.5 Å². The highest BCUT2D eigenvalue weighted by Gasteiger charge is 2.50. The molecule has 3 aliphatic rings. The zero-order valence-electron chi connectivity index (χ0n) is 16.3. The van der Waals surface area contributed by atoms with E-state index in [0.717, 1.165) is 38.6 Å². The summed E-state index contributed by atoms with van der Waals surface area (Å²) in [6.45, 7) is 5.56. The van der Waals surface area contributed by atoms with Crippen molar-refractivity contribution in [1.82, 2.24) is 14.8 Å². The molecule has 1 aromatic rings. The fraction of sp³-hybridized carbons (Fsp3) is 0.667. The Balaban J connectivity index is 1.55. The molecule has 4 rings (SSSR count). The molecule has 1 spiro atoms. The Bertz CT molecular complexity index is 798. The van der Waals surface area contributed by atoms with E-state index < -0.39 is 5.41 Å². The van der Waals surface area contributed by atoms with Gasteiger partial charge >= 0.3 is 0 Å². The Kier molecular flexibility index (Phi) is 4.60. The Morgan fingerprint density at radius 2 is 1.85 bits per heavy atom. The number of amides is 2. The number of nitrogens with zero attached hydrogens (tertiary/aromatic N) is 2. The molecule has 1 aromatic heterocycles. The predicted molar refractivity (Wildman–Crippen MR) is 103 cm³/mol. The molecule has 0 bridgehead atoms. The number of pyridine rings is 1. The van der Waals surface area contributed by atoms with E-state index in [1.807, 2.05) is 4.90 Å². The van der Waals surface area contributed by atoms with Gasteiger partial charge in [-0.25, -0.2) is 0 Å². The maximum atomic E-state index is 13.4. The Hall–Kier alpha value is -2.11. The number of carbonyl (C=O) groups is 2. The minimum Gasteiger partial charge on any atom is -0.339 e. The van der Waals surface area contributed by atoms with Gasteiger partial charge in [-0.2, -0.15) is 0 Å². The van der Waals surface area contributed by atoms with E-state index in [1.54, 1.807) is 13.8 Å². The van der Waals surface area contributed by atoms with Crippen molar-refractivity contribution in [3.05, 3.63) is 33.2 Å². The number of H-pyrrole nitrogens is 1. The minimum atomic E-state index is -0.402. The largest absolute Gasteiger partial charge is 0.339 e. The molecule has 2 amide bonds. The van der Waals surface area contributed by atoms with E-state index in [4.69, 9.17) is 0 Å². The number of rotatable bonds is 2. The number of aryl methyl sites for hydroxylation is 2. The molecule has 6 nitrogen and oxygen atoms in total. The number of hydrogen-bond donors (Lipinski definition) is 1. The van der Waals surface area contributed by atoms with Gasteiger partial charge in [0, 0.05) is 37.4 Å². The lowest BCUT2D eigenvalue weighted by Gasteiger charge is -2.42. The van der Waals surface area contributed by atoms with E-state index in [2.05, 4.69) is 9.88 Å². The molecule has 3 fully saturated rings. The van der Waals surface area contributed by atoms with Crippen LogP contribution in [0.5, 0.6) is 0 Å². The van der Waals surface area contributed by atoms with E-state index in [-0.39, 0.29) is 17.4 Å². The molecule has 0 radical (unpaired) electrons. The van der Waals surface area contributed by atoms with Crippen LogP contribution in [0.15, 0.2) is 10.9 Å². The van der Waals surface area contributed by atoms with Gasteiger partial charge in [0.05, 0.1) is 11.0 Å². The first kappa shape index (κ1) is 18.3. The molecule has 146 valence electrons. The van der Waals surface area contributed by atoms with Crippen LogP contribution in [0.2, 0.25) is 0 Å². The van der Waals surface area contributed by atoms with Crippen molar-refractivity contribution in [2.24, 2.45) is 5.41 Å². The third-order valence-electron chi connectivity index (χ3n) is 6.82. The van der Waals surface area contributed by atoms with E-state index in [1.165, 1.54) is 18.9 Å². The average Bonchev–Trinajstić information content (AvgIpc) is 3.27. The second-order valence-electron chi connectivity index (χ2n) is 8.61. The second-order valence-corrected chi connectivity index (χ2v) is 8.61. The zero-order chi connectivity index (χ0) is 19.2. The van der Waals surface area contributed by atoms with Crippen LogP contribution in [0, 0.1) is 19.3 Å². The highest BCUT2D eigenvalue weighted by Crippen LogP contribution is 2.42. The van der Waals surface area contributed by atoms with Crippen molar-refractivity contribution >= 4 is 11.8 Å². The SMILES string of the molecule is Cc1cc(=O)[nH]c(C)c1C(=O)N1CC[C@]2(CCCN(C3CCCC3)C2=O)C1. The van der Waals surface area contributed by atoms with Gasteiger partial charge in [-0.1, -0.05) is 12.8 Å². The molecular formula is C21H29N3O3. The Labute approximate surface area is 159 Å². The molecule has 27 heavy (non-hydrogen) atoms. The van der Waals surface area contributed by atoms with Gasteiger partial charge < -0.3 is 14.8 Å². The topological polar surface area (TPSA) is 73.5 Å². The summed E-state index contributed by atoms with van der Waals surface area (Å²) in [7, 11) is 0. The highest BCUT2D eigenvalue weighted by molar-refractivity contribution is 5.97. The lowest BCUT2D eigenvalue weighted by Crippen LogP contribution is -2.53. The maximum Gasteiger partial charge on any atom is 0.255 e.